The standard InChI is InChI=1S/C20H28N2O7/c1-19(2)25-10-13(27-19)15-14(16-17(26-15)29-20(3,4)28-16)22-18(23)21-11-7-6-8-12(9-11)24-5/h6-9,13-17H,10H2,1-5H3,(H2,21,22,23)/t13-,14+,15-,16-,17-/m1/s1. The second-order valence-corrected chi connectivity index (χ2v) is 8.29. The molecule has 9 nitrogen and oxygen atoms in total. The van der Waals surface area contributed by atoms with Crippen LogP contribution >= 0.6 is 0 Å². The summed E-state index contributed by atoms with van der Waals surface area (Å²) in [5.41, 5.74) is 0.611. The number of methoxy groups -OCH3 is 1. The van der Waals surface area contributed by atoms with Crippen molar-refractivity contribution >= 4 is 11.7 Å². The van der Waals surface area contributed by atoms with Crippen molar-refractivity contribution in [3.8, 4) is 5.75 Å². The molecule has 2 amide bonds. The molecule has 3 aliphatic rings. The van der Waals surface area contributed by atoms with E-state index in [4.69, 9.17) is 28.4 Å². The molecule has 3 saturated heterocycles. The molecule has 3 heterocycles. The molecule has 0 aromatic heterocycles. The van der Waals surface area contributed by atoms with Crippen LogP contribution in [0.15, 0.2) is 24.3 Å². The van der Waals surface area contributed by atoms with Crippen LogP contribution in [0.25, 0.3) is 0 Å². The Hall–Kier alpha value is -1.91. The third-order valence-corrected chi connectivity index (χ3v) is 5.11. The van der Waals surface area contributed by atoms with Crippen molar-refractivity contribution in [2.24, 2.45) is 0 Å². The van der Waals surface area contributed by atoms with E-state index in [1.807, 2.05) is 27.7 Å². The summed E-state index contributed by atoms with van der Waals surface area (Å²) in [6.45, 7) is 7.68. The van der Waals surface area contributed by atoms with Gasteiger partial charge in [0, 0.05) is 11.8 Å². The van der Waals surface area contributed by atoms with Crippen LogP contribution in [0.5, 0.6) is 5.75 Å². The second kappa shape index (κ2) is 7.41. The number of rotatable bonds is 4. The lowest BCUT2D eigenvalue weighted by atomic mass is 10.0. The first-order valence-electron chi connectivity index (χ1n) is 9.70. The third kappa shape index (κ3) is 4.34. The van der Waals surface area contributed by atoms with Crippen LogP contribution in [0, 0.1) is 0 Å². The maximum absolute atomic E-state index is 12.7. The fraction of sp³-hybridized carbons (Fsp3) is 0.650. The van der Waals surface area contributed by atoms with Gasteiger partial charge in [-0.05, 0) is 39.8 Å². The highest BCUT2D eigenvalue weighted by Gasteiger charge is 2.58. The highest BCUT2D eigenvalue weighted by atomic mass is 16.8. The van der Waals surface area contributed by atoms with Gasteiger partial charge < -0.3 is 39.1 Å². The van der Waals surface area contributed by atoms with E-state index in [-0.39, 0.29) is 12.1 Å². The molecule has 3 fully saturated rings. The van der Waals surface area contributed by atoms with Crippen molar-refractivity contribution in [3.05, 3.63) is 24.3 Å². The largest absolute Gasteiger partial charge is 0.497 e. The highest BCUT2D eigenvalue weighted by Crippen LogP contribution is 2.40. The SMILES string of the molecule is COc1cccc(NC(=O)N[C@@H]2[C@H]3OC(C)(C)O[C@H]3O[C@@H]2[C@H]2COC(C)(C)O2)c1. The lowest BCUT2D eigenvalue weighted by Gasteiger charge is -2.29. The first-order chi connectivity index (χ1) is 13.7. The van der Waals surface area contributed by atoms with E-state index in [1.54, 1.807) is 31.4 Å². The Morgan fingerprint density at radius 2 is 1.90 bits per heavy atom. The Labute approximate surface area is 169 Å². The van der Waals surface area contributed by atoms with Crippen LogP contribution < -0.4 is 15.4 Å². The average molecular weight is 408 g/mol. The molecule has 1 aromatic rings. The minimum absolute atomic E-state index is 0.354. The van der Waals surface area contributed by atoms with Crippen LogP contribution in [0.4, 0.5) is 10.5 Å². The fourth-order valence-corrected chi connectivity index (χ4v) is 3.91. The lowest BCUT2D eigenvalue weighted by molar-refractivity contribution is -0.223. The van der Waals surface area contributed by atoms with E-state index < -0.39 is 36.1 Å². The molecule has 5 atom stereocenters. The van der Waals surface area contributed by atoms with Gasteiger partial charge in [-0.15, -0.1) is 0 Å². The molecule has 160 valence electrons. The summed E-state index contributed by atoms with van der Waals surface area (Å²) < 4.78 is 34.8. The number of ether oxygens (including phenoxy) is 6. The summed E-state index contributed by atoms with van der Waals surface area (Å²) in [4.78, 5) is 12.7. The Bertz CT molecular complexity index is 769. The van der Waals surface area contributed by atoms with Crippen molar-refractivity contribution in [1.82, 2.24) is 5.32 Å². The van der Waals surface area contributed by atoms with Gasteiger partial charge in [0.05, 0.1) is 19.8 Å². The minimum Gasteiger partial charge on any atom is -0.497 e. The highest BCUT2D eigenvalue weighted by molar-refractivity contribution is 5.89. The summed E-state index contributed by atoms with van der Waals surface area (Å²) in [7, 11) is 1.57. The normalized spacial score (nSPS) is 34.6. The second-order valence-electron chi connectivity index (χ2n) is 8.29. The maximum Gasteiger partial charge on any atom is 0.319 e. The van der Waals surface area contributed by atoms with Gasteiger partial charge in [0.25, 0.3) is 0 Å². The lowest BCUT2D eigenvalue weighted by Crippen LogP contribution is -2.53. The van der Waals surface area contributed by atoms with Crippen LogP contribution in [0.1, 0.15) is 27.7 Å². The van der Waals surface area contributed by atoms with Crippen molar-refractivity contribution in [3.63, 3.8) is 0 Å². The Balaban J connectivity index is 1.48. The minimum atomic E-state index is -0.796. The molecule has 4 rings (SSSR count). The predicted octanol–water partition coefficient (Wildman–Crippen LogP) is 2.21. The van der Waals surface area contributed by atoms with E-state index in [9.17, 15) is 4.79 Å². The molecule has 9 heteroatoms. The quantitative estimate of drug-likeness (QED) is 0.788. The summed E-state index contributed by atoms with van der Waals surface area (Å²) in [5.74, 6) is -0.853. The van der Waals surface area contributed by atoms with E-state index in [0.29, 0.717) is 18.0 Å². The molecule has 0 aliphatic carbocycles. The molecular formula is C20H28N2O7. The maximum atomic E-state index is 12.7. The monoisotopic (exact) mass is 408 g/mol. The molecule has 0 saturated carbocycles. The van der Waals surface area contributed by atoms with Gasteiger partial charge in [-0.1, -0.05) is 6.07 Å². The summed E-state index contributed by atoms with van der Waals surface area (Å²) >= 11 is 0. The Morgan fingerprint density at radius 1 is 1.10 bits per heavy atom. The Morgan fingerprint density at radius 3 is 2.59 bits per heavy atom. The predicted molar refractivity (Wildman–Crippen MR) is 103 cm³/mol. The number of urea groups is 1. The van der Waals surface area contributed by atoms with E-state index in [0.717, 1.165) is 0 Å². The first-order valence-corrected chi connectivity index (χ1v) is 9.70. The summed E-state index contributed by atoms with van der Waals surface area (Å²) in [5, 5.41) is 5.79. The third-order valence-electron chi connectivity index (χ3n) is 5.11. The molecule has 0 bridgehead atoms. The number of hydrogen-bond acceptors (Lipinski definition) is 7. The first kappa shape index (κ1) is 20.4. The average Bonchev–Trinajstić information content (AvgIpc) is 3.25. The number of carbonyl (C=O) groups excluding carboxylic acids is 1. The van der Waals surface area contributed by atoms with Crippen molar-refractivity contribution in [1.29, 1.82) is 0 Å². The summed E-state index contributed by atoms with van der Waals surface area (Å²) in [6, 6.07) is 6.26. The molecule has 2 N–H and O–H groups in total. The number of anilines is 1. The number of amides is 2. The van der Waals surface area contributed by atoms with Crippen molar-refractivity contribution < 1.29 is 33.2 Å². The molecule has 3 aliphatic heterocycles. The number of fused-ring (bicyclic) bond motifs is 1. The molecule has 1 aromatic carbocycles. The molecule has 0 radical (unpaired) electrons. The van der Waals surface area contributed by atoms with E-state index in [2.05, 4.69) is 10.6 Å². The summed E-state index contributed by atoms with van der Waals surface area (Å²) in [6.07, 6.45) is -1.88. The van der Waals surface area contributed by atoms with Gasteiger partial charge in [0.1, 0.15) is 24.1 Å². The smallest absolute Gasteiger partial charge is 0.319 e. The van der Waals surface area contributed by atoms with Crippen LogP contribution in [0.2, 0.25) is 0 Å². The Kier molecular flexibility index (Phi) is 5.20. The topological polar surface area (TPSA) is 96.5 Å². The number of hydrogen-bond donors (Lipinski definition) is 2. The molecule has 0 spiro atoms. The number of benzene rings is 1. The van der Waals surface area contributed by atoms with Gasteiger partial charge in [-0.2, -0.15) is 0 Å². The van der Waals surface area contributed by atoms with Crippen molar-refractivity contribution in [2.75, 3.05) is 19.0 Å². The number of carbonyl (C=O) groups is 1. The van der Waals surface area contributed by atoms with E-state index in [1.165, 1.54) is 0 Å². The van der Waals surface area contributed by atoms with Crippen LogP contribution in [0.3, 0.4) is 0 Å². The van der Waals surface area contributed by atoms with Gasteiger partial charge in [0.15, 0.2) is 17.9 Å². The van der Waals surface area contributed by atoms with Gasteiger partial charge in [-0.3, -0.25) is 0 Å². The zero-order valence-electron chi connectivity index (χ0n) is 17.3. The number of nitrogens with one attached hydrogen (secondary N) is 2. The molecular weight excluding hydrogens is 380 g/mol. The van der Waals surface area contributed by atoms with Crippen LogP contribution in [-0.2, 0) is 23.7 Å². The van der Waals surface area contributed by atoms with Gasteiger partial charge >= 0.3 is 6.03 Å². The van der Waals surface area contributed by atoms with Crippen molar-refractivity contribution in [2.45, 2.75) is 69.9 Å². The van der Waals surface area contributed by atoms with E-state index >= 15 is 0 Å². The van der Waals surface area contributed by atoms with Gasteiger partial charge in [0.2, 0.25) is 0 Å². The molecule has 29 heavy (non-hydrogen) atoms. The van der Waals surface area contributed by atoms with Gasteiger partial charge in [-0.25, -0.2) is 4.79 Å². The zero-order chi connectivity index (χ0) is 20.8. The van der Waals surface area contributed by atoms with Crippen LogP contribution in [-0.4, -0.2) is 62.0 Å². The molecule has 0 unspecified atom stereocenters. The zero-order valence-corrected chi connectivity index (χ0v) is 17.3. The fourth-order valence-electron chi connectivity index (χ4n) is 3.91.